The molecule has 1 rings (SSSR count). The minimum Gasteiger partial charge on any atom is -0.347 e. The van der Waals surface area contributed by atoms with Crippen molar-refractivity contribution >= 4 is 5.91 Å². The van der Waals surface area contributed by atoms with Crippen LogP contribution >= 0.6 is 0 Å². The molecule has 0 aliphatic heterocycles. The van der Waals surface area contributed by atoms with Gasteiger partial charge in [-0.05, 0) is 18.6 Å². The van der Waals surface area contributed by atoms with Gasteiger partial charge in [0, 0.05) is 20.6 Å². The number of nitrogens with one attached hydrogen (secondary N) is 1. The molecule has 0 aliphatic carbocycles. The van der Waals surface area contributed by atoms with Crippen molar-refractivity contribution in [2.75, 3.05) is 14.1 Å². The minimum atomic E-state index is -4.35. The van der Waals surface area contributed by atoms with Gasteiger partial charge in [0.15, 0.2) is 0 Å². The van der Waals surface area contributed by atoms with Crippen molar-refractivity contribution < 1.29 is 18.0 Å². The first-order valence-electron chi connectivity index (χ1n) is 5.82. The fraction of sp³-hybridized carbons (Fsp3) is 0.462. The molecule has 1 N–H and O–H groups in total. The second-order valence-electron chi connectivity index (χ2n) is 4.53. The van der Waals surface area contributed by atoms with Gasteiger partial charge in [-0.3, -0.25) is 4.79 Å². The summed E-state index contributed by atoms with van der Waals surface area (Å²) in [7, 11) is 3.26. The number of carbonyl (C=O) groups excluding carboxylic acids is 1. The maximum Gasteiger partial charge on any atom is 0.416 e. The third-order valence-electron chi connectivity index (χ3n) is 2.68. The molecule has 1 aromatic rings. The van der Waals surface area contributed by atoms with Gasteiger partial charge in [-0.15, -0.1) is 0 Å². The quantitative estimate of drug-likeness (QED) is 0.913. The number of likely N-dealkylation sites (N-methyl/N-ethyl adjacent to an activating group) is 1. The minimum absolute atomic E-state index is 0.119. The molecule has 0 spiro atoms. The highest BCUT2D eigenvalue weighted by Crippen LogP contribution is 2.29. The van der Waals surface area contributed by atoms with Crippen LogP contribution in [0.5, 0.6) is 0 Å². The van der Waals surface area contributed by atoms with Crippen molar-refractivity contribution in [3.63, 3.8) is 0 Å². The van der Waals surface area contributed by atoms with E-state index in [2.05, 4.69) is 5.32 Å². The van der Waals surface area contributed by atoms with Crippen LogP contribution in [0.4, 0.5) is 13.2 Å². The number of carbonyl (C=O) groups is 1. The second-order valence-corrected chi connectivity index (χ2v) is 4.53. The lowest BCUT2D eigenvalue weighted by atomic mass is 10.1. The van der Waals surface area contributed by atoms with Gasteiger partial charge in [-0.25, -0.2) is 0 Å². The highest BCUT2D eigenvalue weighted by atomic mass is 19.4. The van der Waals surface area contributed by atoms with E-state index in [1.165, 1.54) is 11.0 Å². The number of halogens is 3. The molecule has 0 fully saturated rings. The van der Waals surface area contributed by atoms with Crippen LogP contribution in [0.25, 0.3) is 0 Å². The van der Waals surface area contributed by atoms with Crippen molar-refractivity contribution in [1.82, 2.24) is 10.2 Å². The predicted octanol–water partition coefficient (Wildman–Crippen LogP) is 2.27. The SMILES string of the molecule is CC(NCc1cccc(C(F)(F)F)c1)C(=O)N(C)C. The van der Waals surface area contributed by atoms with E-state index in [9.17, 15) is 18.0 Å². The number of hydrogen-bond acceptors (Lipinski definition) is 2. The average Bonchev–Trinajstić information content (AvgIpc) is 2.34. The number of hydrogen-bond donors (Lipinski definition) is 1. The van der Waals surface area contributed by atoms with Crippen molar-refractivity contribution in [2.24, 2.45) is 0 Å². The highest BCUT2D eigenvalue weighted by Gasteiger charge is 2.30. The van der Waals surface area contributed by atoms with Crippen LogP contribution in [-0.2, 0) is 17.5 Å². The van der Waals surface area contributed by atoms with Gasteiger partial charge in [0.25, 0.3) is 0 Å². The maximum atomic E-state index is 12.5. The van der Waals surface area contributed by atoms with E-state index < -0.39 is 17.8 Å². The molecule has 19 heavy (non-hydrogen) atoms. The number of alkyl halides is 3. The van der Waals surface area contributed by atoms with Crippen molar-refractivity contribution in [2.45, 2.75) is 25.7 Å². The lowest BCUT2D eigenvalue weighted by molar-refractivity contribution is -0.137. The van der Waals surface area contributed by atoms with E-state index in [1.54, 1.807) is 27.1 Å². The van der Waals surface area contributed by atoms with Crippen LogP contribution < -0.4 is 5.32 Å². The van der Waals surface area contributed by atoms with E-state index in [1.807, 2.05) is 0 Å². The van der Waals surface area contributed by atoms with Crippen LogP contribution in [0.15, 0.2) is 24.3 Å². The summed E-state index contributed by atoms with van der Waals surface area (Å²) in [5.41, 5.74) is -0.188. The van der Waals surface area contributed by atoms with Gasteiger partial charge in [0.2, 0.25) is 5.91 Å². The van der Waals surface area contributed by atoms with Crippen LogP contribution in [-0.4, -0.2) is 30.9 Å². The van der Waals surface area contributed by atoms with E-state index in [-0.39, 0.29) is 12.5 Å². The molecule has 0 aromatic heterocycles. The molecule has 1 atom stereocenters. The first-order chi connectivity index (χ1) is 8.71. The number of amides is 1. The maximum absolute atomic E-state index is 12.5. The summed E-state index contributed by atoms with van der Waals surface area (Å²) in [5.74, 6) is -0.119. The molecular formula is C13H17F3N2O. The predicted molar refractivity (Wildman–Crippen MR) is 66.4 cm³/mol. The second kappa shape index (κ2) is 6.06. The lowest BCUT2D eigenvalue weighted by Crippen LogP contribution is -2.41. The van der Waals surface area contributed by atoms with Gasteiger partial charge in [0.1, 0.15) is 0 Å². The van der Waals surface area contributed by atoms with E-state index >= 15 is 0 Å². The monoisotopic (exact) mass is 274 g/mol. The van der Waals surface area contributed by atoms with Crippen molar-refractivity contribution in [1.29, 1.82) is 0 Å². The largest absolute Gasteiger partial charge is 0.416 e. The van der Waals surface area contributed by atoms with Crippen LogP contribution in [0.1, 0.15) is 18.1 Å². The van der Waals surface area contributed by atoms with E-state index in [0.717, 1.165) is 12.1 Å². The van der Waals surface area contributed by atoms with E-state index in [4.69, 9.17) is 0 Å². The molecule has 0 saturated carbocycles. The number of rotatable bonds is 4. The standard InChI is InChI=1S/C13H17F3N2O/c1-9(12(19)18(2)3)17-8-10-5-4-6-11(7-10)13(14,15)16/h4-7,9,17H,8H2,1-3H3. The zero-order valence-electron chi connectivity index (χ0n) is 11.1. The molecule has 0 bridgehead atoms. The third kappa shape index (κ3) is 4.55. The molecule has 3 nitrogen and oxygen atoms in total. The zero-order chi connectivity index (χ0) is 14.6. The smallest absolute Gasteiger partial charge is 0.347 e. The zero-order valence-corrected chi connectivity index (χ0v) is 11.1. The number of nitrogens with zero attached hydrogens (tertiary/aromatic N) is 1. The molecule has 1 unspecified atom stereocenters. The Balaban J connectivity index is 2.66. The van der Waals surface area contributed by atoms with Gasteiger partial charge >= 0.3 is 6.18 Å². The Morgan fingerprint density at radius 2 is 2.00 bits per heavy atom. The molecule has 6 heteroatoms. The summed E-state index contributed by atoms with van der Waals surface area (Å²) in [5, 5.41) is 2.90. The summed E-state index contributed by atoms with van der Waals surface area (Å²) >= 11 is 0. The Morgan fingerprint density at radius 3 is 2.53 bits per heavy atom. The fourth-order valence-corrected chi connectivity index (χ4v) is 1.60. The Hall–Kier alpha value is -1.56. The van der Waals surface area contributed by atoms with Gasteiger partial charge in [-0.2, -0.15) is 13.2 Å². The van der Waals surface area contributed by atoms with Gasteiger partial charge in [0.05, 0.1) is 11.6 Å². The summed E-state index contributed by atoms with van der Waals surface area (Å²) in [4.78, 5) is 13.0. The summed E-state index contributed by atoms with van der Waals surface area (Å²) < 4.78 is 37.6. The van der Waals surface area contributed by atoms with Crippen LogP contribution in [0.2, 0.25) is 0 Å². The first-order valence-corrected chi connectivity index (χ1v) is 5.82. The Morgan fingerprint density at radius 1 is 1.37 bits per heavy atom. The highest BCUT2D eigenvalue weighted by molar-refractivity contribution is 5.80. The molecule has 1 aromatic carbocycles. The van der Waals surface area contributed by atoms with Gasteiger partial charge in [-0.1, -0.05) is 18.2 Å². The molecule has 0 saturated heterocycles. The molecule has 106 valence electrons. The summed E-state index contributed by atoms with van der Waals surface area (Å²) in [6, 6.07) is 4.62. The van der Waals surface area contributed by atoms with Crippen LogP contribution in [0.3, 0.4) is 0 Å². The molecule has 0 radical (unpaired) electrons. The van der Waals surface area contributed by atoms with Crippen LogP contribution in [0, 0.1) is 0 Å². The Kier molecular flexibility index (Phi) is 4.94. The molecule has 1 amide bonds. The Bertz CT molecular complexity index is 444. The topological polar surface area (TPSA) is 32.3 Å². The molecule has 0 aliphatic rings. The lowest BCUT2D eigenvalue weighted by Gasteiger charge is -2.18. The van der Waals surface area contributed by atoms with Gasteiger partial charge < -0.3 is 10.2 Å². The van der Waals surface area contributed by atoms with Crippen molar-refractivity contribution in [3.05, 3.63) is 35.4 Å². The normalized spacial score (nSPS) is 13.2. The third-order valence-corrected chi connectivity index (χ3v) is 2.68. The number of benzene rings is 1. The first kappa shape index (κ1) is 15.5. The molecule has 0 heterocycles. The fourth-order valence-electron chi connectivity index (χ4n) is 1.60. The Labute approximate surface area is 110 Å². The van der Waals surface area contributed by atoms with E-state index in [0.29, 0.717) is 5.56 Å². The van der Waals surface area contributed by atoms with Crippen molar-refractivity contribution in [3.8, 4) is 0 Å². The average molecular weight is 274 g/mol. The summed E-state index contributed by atoms with van der Waals surface area (Å²) in [6.07, 6.45) is -4.35. The molecular weight excluding hydrogens is 257 g/mol. The summed E-state index contributed by atoms with van der Waals surface area (Å²) in [6.45, 7) is 1.89.